The van der Waals surface area contributed by atoms with Gasteiger partial charge in [0.2, 0.25) is 0 Å². The van der Waals surface area contributed by atoms with Crippen LogP contribution in [0.3, 0.4) is 0 Å². The predicted molar refractivity (Wildman–Crippen MR) is 103 cm³/mol. The zero-order valence-corrected chi connectivity index (χ0v) is 15.9. The van der Waals surface area contributed by atoms with Crippen LogP contribution in [0.15, 0.2) is 53.4 Å². The Bertz CT molecular complexity index is 977. The Morgan fingerprint density at radius 2 is 1.81 bits per heavy atom. The molecule has 5 nitrogen and oxygen atoms in total. The van der Waals surface area contributed by atoms with Crippen LogP contribution in [-0.4, -0.2) is 19.9 Å². The Balaban J connectivity index is 2.30. The maximum absolute atomic E-state index is 13.7. The number of halogens is 1. The number of anilines is 1. The Morgan fingerprint density at radius 3 is 2.41 bits per heavy atom. The Kier molecular flexibility index (Phi) is 6.24. The standard InChI is InChI=1S/C20H21FN2O3S/c1-4-20(5-2,6-3)22-19(24)15-10-9-11-16(14-15)27(25,26)23-18-13-8-7-12-17(18)21/h1,7-14,23H,5-6H2,2-3H3,(H,22,24). The van der Waals surface area contributed by atoms with Crippen molar-refractivity contribution in [3.63, 3.8) is 0 Å². The number of carbonyl (C=O) groups is 1. The molecule has 0 aliphatic carbocycles. The van der Waals surface area contributed by atoms with Crippen LogP contribution >= 0.6 is 0 Å². The summed E-state index contributed by atoms with van der Waals surface area (Å²) in [6.45, 7) is 3.73. The van der Waals surface area contributed by atoms with Gasteiger partial charge >= 0.3 is 0 Å². The lowest BCUT2D eigenvalue weighted by Gasteiger charge is -2.27. The van der Waals surface area contributed by atoms with Crippen molar-refractivity contribution in [1.82, 2.24) is 5.32 Å². The van der Waals surface area contributed by atoms with Crippen LogP contribution in [0.5, 0.6) is 0 Å². The first kappa shape index (κ1) is 20.5. The van der Waals surface area contributed by atoms with Crippen LogP contribution in [0.25, 0.3) is 0 Å². The fourth-order valence-corrected chi connectivity index (χ4v) is 3.62. The molecule has 0 bridgehead atoms. The third-order valence-electron chi connectivity index (χ3n) is 4.36. The Morgan fingerprint density at radius 1 is 1.15 bits per heavy atom. The minimum Gasteiger partial charge on any atom is -0.336 e. The average molecular weight is 388 g/mol. The Labute approximate surface area is 159 Å². The SMILES string of the molecule is C#CC(CC)(CC)NC(=O)c1cccc(S(=O)(=O)Nc2ccccc2F)c1. The molecule has 142 valence electrons. The van der Waals surface area contributed by atoms with E-state index in [9.17, 15) is 17.6 Å². The largest absolute Gasteiger partial charge is 0.336 e. The van der Waals surface area contributed by atoms with E-state index in [1.807, 2.05) is 13.8 Å². The molecular weight excluding hydrogens is 367 g/mol. The number of sulfonamides is 1. The number of hydrogen-bond acceptors (Lipinski definition) is 3. The molecule has 1 amide bonds. The van der Waals surface area contributed by atoms with Gasteiger partial charge in [-0.05, 0) is 43.2 Å². The molecule has 0 radical (unpaired) electrons. The summed E-state index contributed by atoms with van der Waals surface area (Å²) in [5, 5.41) is 2.78. The third kappa shape index (κ3) is 4.66. The maximum atomic E-state index is 13.7. The molecule has 0 heterocycles. The average Bonchev–Trinajstić information content (AvgIpc) is 2.68. The number of terminal acetylenes is 1. The van der Waals surface area contributed by atoms with E-state index in [1.54, 1.807) is 0 Å². The fraction of sp³-hybridized carbons (Fsp3) is 0.250. The molecule has 0 aliphatic rings. The van der Waals surface area contributed by atoms with Crippen molar-refractivity contribution in [1.29, 1.82) is 0 Å². The second-order valence-electron chi connectivity index (χ2n) is 6.00. The van der Waals surface area contributed by atoms with Gasteiger partial charge < -0.3 is 5.32 Å². The summed E-state index contributed by atoms with van der Waals surface area (Å²) in [5.41, 5.74) is -0.819. The molecule has 0 atom stereocenters. The van der Waals surface area contributed by atoms with Crippen LogP contribution in [0.2, 0.25) is 0 Å². The predicted octanol–water partition coefficient (Wildman–Crippen LogP) is 3.55. The van der Waals surface area contributed by atoms with E-state index in [2.05, 4.69) is 16.0 Å². The van der Waals surface area contributed by atoms with E-state index < -0.39 is 27.3 Å². The van der Waals surface area contributed by atoms with Gasteiger partial charge in [-0.15, -0.1) is 6.42 Å². The molecule has 2 aromatic carbocycles. The highest BCUT2D eigenvalue weighted by Gasteiger charge is 2.26. The van der Waals surface area contributed by atoms with Gasteiger partial charge in [-0.1, -0.05) is 38.0 Å². The zero-order valence-electron chi connectivity index (χ0n) is 15.1. The summed E-state index contributed by atoms with van der Waals surface area (Å²) >= 11 is 0. The first-order chi connectivity index (χ1) is 12.8. The summed E-state index contributed by atoms with van der Waals surface area (Å²) in [6.07, 6.45) is 6.63. The van der Waals surface area contributed by atoms with Gasteiger partial charge in [0, 0.05) is 5.56 Å². The van der Waals surface area contributed by atoms with E-state index in [1.165, 1.54) is 42.5 Å². The summed E-state index contributed by atoms with van der Waals surface area (Å²) in [4.78, 5) is 12.4. The molecule has 27 heavy (non-hydrogen) atoms. The van der Waals surface area contributed by atoms with Crippen molar-refractivity contribution in [2.75, 3.05) is 4.72 Å². The molecule has 7 heteroatoms. The van der Waals surface area contributed by atoms with Crippen LogP contribution in [0, 0.1) is 18.2 Å². The number of benzene rings is 2. The molecule has 0 aromatic heterocycles. The van der Waals surface area contributed by atoms with E-state index >= 15 is 0 Å². The molecule has 2 rings (SSSR count). The molecule has 0 saturated heterocycles. The maximum Gasteiger partial charge on any atom is 0.262 e. The quantitative estimate of drug-likeness (QED) is 0.713. The van der Waals surface area contributed by atoms with Gasteiger partial charge in [-0.3, -0.25) is 9.52 Å². The highest BCUT2D eigenvalue weighted by atomic mass is 32.2. The topological polar surface area (TPSA) is 75.3 Å². The third-order valence-corrected chi connectivity index (χ3v) is 5.72. The van der Waals surface area contributed by atoms with Gasteiger partial charge in [0.15, 0.2) is 0 Å². The highest BCUT2D eigenvalue weighted by Crippen LogP contribution is 2.20. The normalized spacial score (nSPS) is 11.5. The first-order valence-electron chi connectivity index (χ1n) is 8.44. The molecule has 2 aromatic rings. The van der Waals surface area contributed by atoms with Gasteiger partial charge in [0.05, 0.1) is 10.6 Å². The van der Waals surface area contributed by atoms with Gasteiger partial charge in [0.1, 0.15) is 11.4 Å². The van der Waals surface area contributed by atoms with Gasteiger partial charge in [0.25, 0.3) is 15.9 Å². The minimum atomic E-state index is -4.06. The lowest BCUT2D eigenvalue weighted by molar-refractivity contribution is 0.0916. The minimum absolute atomic E-state index is 0.146. The highest BCUT2D eigenvalue weighted by molar-refractivity contribution is 7.92. The number of nitrogens with one attached hydrogen (secondary N) is 2. The van der Waals surface area contributed by atoms with Crippen LogP contribution in [0.4, 0.5) is 10.1 Å². The van der Waals surface area contributed by atoms with Crippen molar-refractivity contribution in [2.45, 2.75) is 37.1 Å². The van der Waals surface area contributed by atoms with Crippen molar-refractivity contribution in [2.24, 2.45) is 0 Å². The second-order valence-corrected chi connectivity index (χ2v) is 7.68. The van der Waals surface area contributed by atoms with E-state index in [0.717, 1.165) is 6.07 Å². The summed E-state index contributed by atoms with van der Waals surface area (Å²) in [7, 11) is -4.06. The number of hydrogen-bond donors (Lipinski definition) is 2. The Hall–Kier alpha value is -2.85. The van der Waals surface area contributed by atoms with E-state index in [0.29, 0.717) is 12.8 Å². The van der Waals surface area contributed by atoms with E-state index in [-0.39, 0.29) is 16.1 Å². The van der Waals surface area contributed by atoms with Crippen LogP contribution < -0.4 is 10.0 Å². The molecule has 2 N–H and O–H groups in total. The zero-order chi connectivity index (χ0) is 20.1. The molecule has 0 aliphatic heterocycles. The summed E-state index contributed by atoms with van der Waals surface area (Å²) in [5.74, 6) is 1.43. The summed E-state index contributed by atoms with van der Waals surface area (Å²) in [6, 6.07) is 10.9. The summed E-state index contributed by atoms with van der Waals surface area (Å²) < 4.78 is 41.0. The number of amides is 1. The van der Waals surface area contributed by atoms with Crippen LogP contribution in [-0.2, 0) is 10.0 Å². The van der Waals surface area contributed by atoms with E-state index in [4.69, 9.17) is 6.42 Å². The van der Waals surface area contributed by atoms with Crippen molar-refractivity contribution >= 4 is 21.6 Å². The van der Waals surface area contributed by atoms with Gasteiger partial charge in [-0.2, -0.15) is 0 Å². The van der Waals surface area contributed by atoms with Crippen molar-refractivity contribution < 1.29 is 17.6 Å². The number of carbonyl (C=O) groups excluding carboxylic acids is 1. The molecular formula is C20H21FN2O3S. The van der Waals surface area contributed by atoms with Gasteiger partial charge in [-0.25, -0.2) is 12.8 Å². The van der Waals surface area contributed by atoms with Crippen molar-refractivity contribution in [3.05, 3.63) is 59.9 Å². The molecule has 0 unspecified atom stereocenters. The lowest BCUT2D eigenvalue weighted by atomic mass is 9.93. The monoisotopic (exact) mass is 388 g/mol. The first-order valence-corrected chi connectivity index (χ1v) is 9.93. The lowest BCUT2D eigenvalue weighted by Crippen LogP contribution is -2.46. The number of para-hydroxylation sites is 1. The molecule has 0 fully saturated rings. The second kappa shape index (κ2) is 8.23. The molecule has 0 spiro atoms. The smallest absolute Gasteiger partial charge is 0.262 e. The van der Waals surface area contributed by atoms with Crippen molar-refractivity contribution in [3.8, 4) is 12.3 Å². The number of rotatable bonds is 7. The molecule has 0 saturated carbocycles. The fourth-order valence-electron chi connectivity index (χ4n) is 2.51. The van der Waals surface area contributed by atoms with Crippen LogP contribution in [0.1, 0.15) is 37.0 Å².